The summed E-state index contributed by atoms with van der Waals surface area (Å²) in [6, 6.07) is 22.2. The zero-order valence-electron chi connectivity index (χ0n) is 26.9. The molecule has 3 heterocycles. The molecule has 1 N–H and O–H groups in total. The van der Waals surface area contributed by atoms with E-state index in [1.165, 1.54) is 17.2 Å². The molecule has 1 unspecified atom stereocenters. The second-order valence-corrected chi connectivity index (χ2v) is 12.2. The number of nitrogens with one attached hydrogen (secondary N) is 1. The molecule has 3 aromatic carbocycles. The number of ketones is 1. The van der Waals surface area contributed by atoms with E-state index in [-0.39, 0.29) is 41.9 Å². The molecule has 11 nitrogen and oxygen atoms in total. The number of amides is 1. The number of fused-ring (bicyclic) bond motifs is 1. The molecule has 0 saturated carbocycles. The molecule has 47 heavy (non-hydrogen) atoms. The van der Waals surface area contributed by atoms with Gasteiger partial charge in [-0.05, 0) is 82.6 Å². The third-order valence-corrected chi connectivity index (χ3v) is 8.46. The molecule has 5 aromatic rings. The molecule has 2 aromatic heterocycles. The van der Waals surface area contributed by atoms with Crippen LogP contribution in [0.5, 0.6) is 5.75 Å². The number of Topliss-reactive ketones (excluding diaryl/α,β-unsaturated/α-hetero) is 1. The highest BCUT2D eigenvalue weighted by atomic mass is 16.5. The summed E-state index contributed by atoms with van der Waals surface area (Å²) in [7, 11) is 0. The maximum Gasteiger partial charge on any atom is 0.266 e. The monoisotopic (exact) mass is 633 g/mol. The number of likely N-dealkylation sites (tertiary alicyclic amines) is 1. The topological polar surface area (TPSA) is 124 Å². The Morgan fingerprint density at radius 3 is 2.36 bits per heavy atom. The van der Waals surface area contributed by atoms with E-state index >= 15 is 0 Å². The summed E-state index contributed by atoms with van der Waals surface area (Å²) in [6.07, 6.45) is 4.25. The molecule has 1 fully saturated rings. The van der Waals surface area contributed by atoms with Crippen LogP contribution in [0.15, 0.2) is 90.0 Å². The van der Waals surface area contributed by atoms with Gasteiger partial charge in [0.05, 0.1) is 47.7 Å². The lowest BCUT2D eigenvalue weighted by atomic mass is 9.95. The fourth-order valence-corrected chi connectivity index (χ4v) is 6.01. The zero-order valence-corrected chi connectivity index (χ0v) is 26.9. The first-order chi connectivity index (χ1) is 22.8. The Hall–Kier alpha value is -5.16. The molecule has 6 rings (SSSR count). The van der Waals surface area contributed by atoms with Crippen LogP contribution in [-0.2, 0) is 17.9 Å². The van der Waals surface area contributed by atoms with Gasteiger partial charge in [-0.3, -0.25) is 23.9 Å². The standard InChI is InChI=1S/C36H39N7O4/c1-24(2)47-33-14-13-28(32(44)22-42-37-17-18-38-42)21-31(33)43-34(40-30-12-8-7-11-29(30)36(43)46)23-41-19-15-27(16-20-41)35(45)39-25(3)26-9-5-4-6-10-26/h4-14,17-18,21,24-25,27H,15-16,19-20,22-23H2,1-3H3,(H,39,45). The van der Waals surface area contributed by atoms with Crippen LogP contribution >= 0.6 is 0 Å². The Morgan fingerprint density at radius 1 is 0.936 bits per heavy atom. The Labute approximate surface area is 273 Å². The Morgan fingerprint density at radius 2 is 1.64 bits per heavy atom. The number of aromatic nitrogens is 5. The largest absolute Gasteiger partial charge is 0.489 e. The Balaban J connectivity index is 1.29. The van der Waals surface area contributed by atoms with Crippen molar-refractivity contribution in [3.8, 4) is 11.4 Å². The molecule has 0 bridgehead atoms. The first kappa shape index (κ1) is 31.8. The molecule has 1 saturated heterocycles. The van der Waals surface area contributed by atoms with Crippen LogP contribution in [0, 0.1) is 5.92 Å². The number of nitrogens with zero attached hydrogens (tertiary/aromatic N) is 6. The van der Waals surface area contributed by atoms with Crippen molar-refractivity contribution in [2.24, 2.45) is 5.92 Å². The number of hydrogen-bond acceptors (Lipinski definition) is 8. The molecule has 1 amide bonds. The lowest BCUT2D eigenvalue weighted by Crippen LogP contribution is -2.41. The molecule has 242 valence electrons. The SMILES string of the molecule is CC(C)Oc1ccc(C(=O)Cn2nccn2)cc1-n1c(CN2CCC(C(=O)NC(C)c3ccccc3)CC2)nc2ccccc2c1=O. The summed E-state index contributed by atoms with van der Waals surface area (Å²) in [4.78, 5) is 49.2. The molecule has 11 heteroatoms. The van der Waals surface area contributed by atoms with E-state index < -0.39 is 0 Å². The van der Waals surface area contributed by atoms with Crippen LogP contribution in [0.2, 0.25) is 0 Å². The van der Waals surface area contributed by atoms with E-state index in [1.54, 1.807) is 28.8 Å². The van der Waals surface area contributed by atoms with Crippen LogP contribution in [0.4, 0.5) is 0 Å². The number of benzene rings is 3. The summed E-state index contributed by atoms with van der Waals surface area (Å²) in [5.41, 5.74) is 2.26. The van der Waals surface area contributed by atoms with E-state index in [0.29, 0.717) is 66.2 Å². The van der Waals surface area contributed by atoms with Crippen molar-refractivity contribution < 1.29 is 14.3 Å². The summed E-state index contributed by atoms with van der Waals surface area (Å²) >= 11 is 0. The van der Waals surface area contributed by atoms with Gasteiger partial charge in [0, 0.05) is 11.5 Å². The van der Waals surface area contributed by atoms with Gasteiger partial charge >= 0.3 is 0 Å². The quantitative estimate of drug-likeness (QED) is 0.207. The minimum absolute atomic E-state index is 0.0405. The predicted molar refractivity (Wildman–Crippen MR) is 178 cm³/mol. The molecule has 1 aliphatic rings. The summed E-state index contributed by atoms with van der Waals surface area (Å²) in [5, 5.41) is 11.7. The fourth-order valence-electron chi connectivity index (χ4n) is 6.01. The van der Waals surface area contributed by atoms with Crippen LogP contribution in [0.3, 0.4) is 0 Å². The zero-order chi connectivity index (χ0) is 32.9. The van der Waals surface area contributed by atoms with Gasteiger partial charge in [-0.1, -0.05) is 42.5 Å². The number of hydrogen-bond donors (Lipinski definition) is 1. The number of rotatable bonds is 11. The van der Waals surface area contributed by atoms with Crippen LogP contribution < -0.4 is 15.6 Å². The van der Waals surface area contributed by atoms with Gasteiger partial charge in [0.15, 0.2) is 5.78 Å². The predicted octanol–water partition coefficient (Wildman–Crippen LogP) is 4.74. The first-order valence-electron chi connectivity index (χ1n) is 16.0. The van der Waals surface area contributed by atoms with E-state index in [2.05, 4.69) is 20.4 Å². The van der Waals surface area contributed by atoms with E-state index in [1.807, 2.05) is 69.3 Å². The lowest BCUT2D eigenvalue weighted by molar-refractivity contribution is -0.127. The van der Waals surface area contributed by atoms with Crippen molar-refractivity contribution in [2.45, 2.75) is 58.8 Å². The third kappa shape index (κ3) is 7.30. The molecule has 0 aliphatic carbocycles. The summed E-state index contributed by atoms with van der Waals surface area (Å²) < 4.78 is 7.74. The highest BCUT2D eigenvalue weighted by molar-refractivity contribution is 5.96. The van der Waals surface area contributed by atoms with Gasteiger partial charge in [-0.2, -0.15) is 15.0 Å². The first-order valence-corrected chi connectivity index (χ1v) is 16.0. The molecular weight excluding hydrogens is 594 g/mol. The van der Waals surface area contributed by atoms with Gasteiger partial charge in [0.2, 0.25) is 5.91 Å². The number of carbonyl (C=O) groups excluding carboxylic acids is 2. The van der Waals surface area contributed by atoms with Crippen LogP contribution in [-0.4, -0.2) is 60.3 Å². The maximum atomic E-state index is 14.2. The number of para-hydroxylation sites is 1. The van der Waals surface area contributed by atoms with Crippen molar-refractivity contribution in [1.29, 1.82) is 0 Å². The average Bonchev–Trinajstić information content (AvgIpc) is 3.59. The van der Waals surface area contributed by atoms with Crippen molar-refractivity contribution in [2.75, 3.05) is 13.1 Å². The van der Waals surface area contributed by atoms with Gasteiger partial charge in [-0.25, -0.2) is 4.98 Å². The Bertz CT molecular complexity index is 1910. The second kappa shape index (κ2) is 14.1. The van der Waals surface area contributed by atoms with Crippen molar-refractivity contribution in [3.63, 3.8) is 0 Å². The molecule has 0 radical (unpaired) electrons. The number of carbonyl (C=O) groups is 2. The number of piperidine rings is 1. The molecule has 1 atom stereocenters. The van der Waals surface area contributed by atoms with E-state index in [0.717, 1.165) is 5.56 Å². The summed E-state index contributed by atoms with van der Waals surface area (Å²) in [5.74, 6) is 0.758. The van der Waals surface area contributed by atoms with Crippen molar-refractivity contribution in [3.05, 3.63) is 112 Å². The Kier molecular flexibility index (Phi) is 9.53. The smallest absolute Gasteiger partial charge is 0.266 e. The third-order valence-electron chi connectivity index (χ3n) is 8.46. The molecule has 1 aliphatic heterocycles. The normalized spacial score (nSPS) is 14.7. The molecule has 0 spiro atoms. The van der Waals surface area contributed by atoms with Crippen molar-refractivity contribution in [1.82, 2.24) is 34.8 Å². The fraction of sp³-hybridized carbons (Fsp3) is 0.333. The van der Waals surface area contributed by atoms with Crippen LogP contribution in [0.1, 0.15) is 61.4 Å². The van der Waals surface area contributed by atoms with E-state index in [4.69, 9.17) is 9.72 Å². The summed E-state index contributed by atoms with van der Waals surface area (Å²) in [6.45, 7) is 7.51. The molecular formula is C36H39N7O4. The van der Waals surface area contributed by atoms with Gasteiger partial charge in [0.1, 0.15) is 18.1 Å². The second-order valence-electron chi connectivity index (χ2n) is 12.2. The number of ether oxygens (including phenoxy) is 1. The van der Waals surface area contributed by atoms with Gasteiger partial charge in [-0.15, -0.1) is 0 Å². The highest BCUT2D eigenvalue weighted by Crippen LogP contribution is 2.28. The van der Waals surface area contributed by atoms with E-state index in [9.17, 15) is 14.4 Å². The van der Waals surface area contributed by atoms with Gasteiger partial charge < -0.3 is 10.1 Å². The maximum absolute atomic E-state index is 14.2. The highest BCUT2D eigenvalue weighted by Gasteiger charge is 2.28. The average molecular weight is 634 g/mol. The van der Waals surface area contributed by atoms with Crippen molar-refractivity contribution >= 4 is 22.6 Å². The lowest BCUT2D eigenvalue weighted by Gasteiger charge is -2.32. The minimum Gasteiger partial charge on any atom is -0.489 e. The van der Waals surface area contributed by atoms with Crippen LogP contribution in [0.25, 0.3) is 16.6 Å². The minimum atomic E-state index is -0.248. The van der Waals surface area contributed by atoms with Gasteiger partial charge in [0.25, 0.3) is 5.56 Å².